The Hall–Kier alpha value is -1.55. The van der Waals surface area contributed by atoms with Gasteiger partial charge in [-0.3, -0.25) is 4.79 Å². The molecule has 1 amide bonds. The Morgan fingerprint density at radius 1 is 1.48 bits per heavy atom. The zero-order chi connectivity index (χ0) is 17.0. The maximum Gasteiger partial charge on any atom is 0.241 e. The summed E-state index contributed by atoms with van der Waals surface area (Å²) in [7, 11) is -3.99. The molecule has 10 heteroatoms. The van der Waals surface area contributed by atoms with Gasteiger partial charge in [-0.25, -0.2) is 17.8 Å². The molecule has 0 bridgehead atoms. The lowest BCUT2D eigenvalue weighted by atomic mass is 10.3. The van der Waals surface area contributed by atoms with Gasteiger partial charge in [0.2, 0.25) is 15.9 Å². The predicted molar refractivity (Wildman–Crippen MR) is 85.2 cm³/mol. The zero-order valence-corrected chi connectivity index (χ0v) is 14.3. The molecule has 124 valence electrons. The van der Waals surface area contributed by atoms with Crippen molar-refractivity contribution in [1.82, 2.24) is 15.0 Å². The largest absolute Gasteiger partial charge is 0.349 e. The van der Waals surface area contributed by atoms with Gasteiger partial charge in [-0.2, -0.15) is 4.72 Å². The second-order valence-electron chi connectivity index (χ2n) is 4.62. The summed E-state index contributed by atoms with van der Waals surface area (Å²) in [6.07, 6.45) is 0. The van der Waals surface area contributed by atoms with Crippen LogP contribution in [0.5, 0.6) is 0 Å². The van der Waals surface area contributed by atoms with Crippen molar-refractivity contribution in [3.8, 4) is 0 Å². The third-order valence-corrected chi connectivity index (χ3v) is 5.32. The molecule has 0 unspecified atom stereocenters. The SMILES string of the molecule is C[C@H](NS(=O)(=O)c1ccc(F)c(Cl)c1)C(=O)NCc1cscn1. The summed E-state index contributed by atoms with van der Waals surface area (Å²) in [6.45, 7) is 1.61. The molecule has 2 N–H and O–H groups in total. The number of carbonyl (C=O) groups is 1. The number of thiazole rings is 1. The fourth-order valence-corrected chi connectivity index (χ4v) is 3.69. The number of halogens is 2. The third kappa shape index (κ3) is 4.71. The van der Waals surface area contributed by atoms with Gasteiger partial charge in [0.05, 0.1) is 33.7 Å². The van der Waals surface area contributed by atoms with Crippen molar-refractivity contribution in [2.24, 2.45) is 0 Å². The van der Waals surface area contributed by atoms with Crippen LogP contribution in [0.25, 0.3) is 0 Å². The molecule has 2 aromatic rings. The Kier molecular flexibility index (Phi) is 5.69. The molecule has 1 heterocycles. The Morgan fingerprint density at radius 3 is 2.83 bits per heavy atom. The molecule has 1 aromatic carbocycles. The smallest absolute Gasteiger partial charge is 0.241 e. The standard InChI is InChI=1S/C13H13ClFN3O3S2/c1-8(13(19)16-5-9-6-22-7-17-9)18-23(20,21)10-2-3-12(15)11(14)4-10/h2-4,6-8,18H,5H2,1H3,(H,16,19)/t8-/m0/s1. The molecule has 0 spiro atoms. The fourth-order valence-electron chi connectivity index (χ4n) is 1.65. The highest BCUT2D eigenvalue weighted by molar-refractivity contribution is 7.89. The van der Waals surface area contributed by atoms with Crippen LogP contribution in [0.4, 0.5) is 4.39 Å². The van der Waals surface area contributed by atoms with E-state index in [1.54, 1.807) is 10.9 Å². The number of aromatic nitrogens is 1. The third-order valence-electron chi connectivity index (χ3n) is 2.85. The van der Waals surface area contributed by atoms with E-state index >= 15 is 0 Å². The fraction of sp³-hybridized carbons (Fsp3) is 0.231. The van der Waals surface area contributed by atoms with Crippen molar-refractivity contribution in [2.45, 2.75) is 24.4 Å². The van der Waals surface area contributed by atoms with E-state index in [1.807, 2.05) is 0 Å². The minimum absolute atomic E-state index is 0.205. The van der Waals surface area contributed by atoms with Gasteiger partial charge < -0.3 is 5.32 Å². The molecule has 23 heavy (non-hydrogen) atoms. The van der Waals surface area contributed by atoms with Crippen LogP contribution < -0.4 is 10.0 Å². The zero-order valence-electron chi connectivity index (χ0n) is 11.9. The van der Waals surface area contributed by atoms with Crippen LogP contribution in [0.15, 0.2) is 34.0 Å². The number of nitrogens with one attached hydrogen (secondary N) is 2. The lowest BCUT2D eigenvalue weighted by Gasteiger charge is -2.14. The summed E-state index contributed by atoms with van der Waals surface area (Å²) in [4.78, 5) is 15.7. The molecule has 1 aromatic heterocycles. The molecule has 0 saturated carbocycles. The molecule has 0 radical (unpaired) electrons. The second-order valence-corrected chi connectivity index (χ2v) is 7.46. The summed E-state index contributed by atoms with van der Waals surface area (Å²) in [5.41, 5.74) is 2.31. The second kappa shape index (κ2) is 7.35. The highest BCUT2D eigenvalue weighted by Gasteiger charge is 2.22. The van der Waals surface area contributed by atoms with Crippen molar-refractivity contribution in [1.29, 1.82) is 0 Å². The van der Waals surface area contributed by atoms with E-state index in [4.69, 9.17) is 11.6 Å². The van der Waals surface area contributed by atoms with Gasteiger partial charge in [-0.05, 0) is 25.1 Å². The molecule has 1 atom stereocenters. The van der Waals surface area contributed by atoms with Crippen LogP contribution in [0, 0.1) is 5.82 Å². The first-order chi connectivity index (χ1) is 10.8. The maximum absolute atomic E-state index is 13.1. The highest BCUT2D eigenvalue weighted by atomic mass is 35.5. The lowest BCUT2D eigenvalue weighted by molar-refractivity contribution is -0.122. The number of benzene rings is 1. The Labute approximate surface area is 141 Å². The highest BCUT2D eigenvalue weighted by Crippen LogP contribution is 2.19. The molecular weight excluding hydrogens is 365 g/mol. The molecule has 0 saturated heterocycles. The quantitative estimate of drug-likeness (QED) is 0.805. The van der Waals surface area contributed by atoms with Gasteiger partial charge >= 0.3 is 0 Å². The van der Waals surface area contributed by atoms with Gasteiger partial charge in [0.1, 0.15) is 5.82 Å². The first-order valence-corrected chi connectivity index (χ1v) is 9.22. The number of amides is 1. The molecule has 0 fully saturated rings. The number of nitrogens with zero attached hydrogens (tertiary/aromatic N) is 1. The lowest BCUT2D eigenvalue weighted by Crippen LogP contribution is -2.44. The molecular formula is C13H13ClFN3O3S2. The summed E-state index contributed by atoms with van der Waals surface area (Å²) in [6, 6.07) is 1.99. The van der Waals surface area contributed by atoms with Crippen molar-refractivity contribution in [2.75, 3.05) is 0 Å². The van der Waals surface area contributed by atoms with Crippen LogP contribution >= 0.6 is 22.9 Å². The van der Waals surface area contributed by atoms with Crippen LogP contribution in [0.1, 0.15) is 12.6 Å². The van der Waals surface area contributed by atoms with Gasteiger partial charge in [0.15, 0.2) is 0 Å². The maximum atomic E-state index is 13.1. The normalized spacial score (nSPS) is 12.8. The van der Waals surface area contributed by atoms with Gasteiger partial charge in [-0.1, -0.05) is 11.6 Å². The Balaban J connectivity index is 2.01. The summed E-state index contributed by atoms with van der Waals surface area (Å²) in [5.74, 6) is -1.23. The molecule has 6 nitrogen and oxygen atoms in total. The van der Waals surface area contributed by atoms with E-state index in [2.05, 4.69) is 15.0 Å². The summed E-state index contributed by atoms with van der Waals surface area (Å²) < 4.78 is 39.6. The average molecular weight is 378 g/mol. The van der Waals surface area contributed by atoms with Crippen LogP contribution in [0.2, 0.25) is 5.02 Å². The minimum atomic E-state index is -3.99. The number of hydrogen-bond donors (Lipinski definition) is 2. The van der Waals surface area contributed by atoms with E-state index in [1.165, 1.54) is 18.3 Å². The molecule has 0 aliphatic rings. The van der Waals surface area contributed by atoms with E-state index < -0.39 is 27.8 Å². The Morgan fingerprint density at radius 2 is 2.22 bits per heavy atom. The van der Waals surface area contributed by atoms with Crippen molar-refractivity contribution >= 4 is 38.9 Å². The number of hydrogen-bond acceptors (Lipinski definition) is 5. The first-order valence-electron chi connectivity index (χ1n) is 6.42. The van der Waals surface area contributed by atoms with Gasteiger partial charge in [0, 0.05) is 5.38 Å². The topological polar surface area (TPSA) is 88.2 Å². The van der Waals surface area contributed by atoms with Crippen molar-refractivity contribution < 1.29 is 17.6 Å². The summed E-state index contributed by atoms with van der Waals surface area (Å²) in [5, 5.41) is 4.03. The van der Waals surface area contributed by atoms with Crippen LogP contribution in [-0.4, -0.2) is 25.4 Å². The van der Waals surface area contributed by atoms with Crippen LogP contribution in [0.3, 0.4) is 0 Å². The monoisotopic (exact) mass is 377 g/mol. The molecule has 2 rings (SSSR count). The first kappa shape index (κ1) is 17.8. The van der Waals surface area contributed by atoms with E-state index in [-0.39, 0.29) is 16.5 Å². The van der Waals surface area contributed by atoms with E-state index in [0.717, 1.165) is 18.2 Å². The van der Waals surface area contributed by atoms with Crippen molar-refractivity contribution in [3.63, 3.8) is 0 Å². The van der Waals surface area contributed by atoms with Gasteiger partial charge in [-0.15, -0.1) is 11.3 Å². The number of carbonyl (C=O) groups excluding carboxylic acids is 1. The summed E-state index contributed by atoms with van der Waals surface area (Å²) >= 11 is 6.97. The number of sulfonamides is 1. The predicted octanol–water partition coefficient (Wildman–Crippen LogP) is 1.92. The minimum Gasteiger partial charge on any atom is -0.349 e. The van der Waals surface area contributed by atoms with E-state index in [0.29, 0.717) is 5.69 Å². The van der Waals surface area contributed by atoms with Gasteiger partial charge in [0.25, 0.3) is 0 Å². The van der Waals surface area contributed by atoms with Crippen molar-refractivity contribution in [3.05, 3.63) is 45.6 Å². The molecule has 0 aliphatic carbocycles. The number of rotatable bonds is 6. The Bertz CT molecular complexity index is 797. The van der Waals surface area contributed by atoms with E-state index in [9.17, 15) is 17.6 Å². The average Bonchev–Trinajstić information content (AvgIpc) is 3.00. The van der Waals surface area contributed by atoms with Crippen LogP contribution in [-0.2, 0) is 21.4 Å². The molecule has 0 aliphatic heterocycles.